The van der Waals surface area contributed by atoms with E-state index in [0.29, 0.717) is 23.9 Å². The van der Waals surface area contributed by atoms with Crippen molar-refractivity contribution >= 4 is 62.7 Å². The number of anilines is 2. The number of rotatable bonds is 8. The highest BCUT2D eigenvalue weighted by molar-refractivity contribution is 7.14. The fourth-order valence-corrected chi connectivity index (χ4v) is 5.41. The quantitative estimate of drug-likeness (QED) is 0.283. The van der Waals surface area contributed by atoms with Gasteiger partial charge in [0.05, 0.1) is 24.5 Å². The lowest BCUT2D eigenvalue weighted by Gasteiger charge is -2.19. The third kappa shape index (κ3) is 5.59. The number of carbonyl (C=O) groups excluding carboxylic acids is 2. The van der Waals surface area contributed by atoms with Gasteiger partial charge in [-0.15, -0.1) is 34.0 Å². The van der Waals surface area contributed by atoms with Crippen molar-refractivity contribution in [3.63, 3.8) is 0 Å². The van der Waals surface area contributed by atoms with Crippen molar-refractivity contribution in [2.75, 3.05) is 4.90 Å². The average molecular weight is 480 g/mol. The van der Waals surface area contributed by atoms with Crippen LogP contribution in [-0.4, -0.2) is 21.7 Å². The molecule has 0 unspecified atom stereocenters. The summed E-state index contributed by atoms with van der Waals surface area (Å²) in [5, 5.41) is 6.46. The molecule has 0 saturated heterocycles. The Morgan fingerprint density at radius 1 is 0.906 bits per heavy atom. The topological polar surface area (TPSA) is 53.5 Å². The number of hydrogen-bond acceptors (Lipinski definition) is 6. The smallest absolute Gasteiger partial charge is 0.247 e. The van der Waals surface area contributed by atoms with Crippen LogP contribution in [-0.2, 0) is 22.7 Å². The van der Waals surface area contributed by atoms with Gasteiger partial charge in [0.25, 0.3) is 0 Å². The molecule has 1 aromatic carbocycles. The first-order valence-corrected chi connectivity index (χ1v) is 12.6. The van der Waals surface area contributed by atoms with Crippen LogP contribution in [0.3, 0.4) is 0 Å². The van der Waals surface area contributed by atoms with Gasteiger partial charge in [-0.1, -0.05) is 30.3 Å². The minimum Gasteiger partial charge on any atom is -0.329 e. The summed E-state index contributed by atoms with van der Waals surface area (Å²) >= 11 is 4.65. The molecule has 0 N–H and O–H groups in total. The highest BCUT2D eigenvalue weighted by Crippen LogP contribution is 2.29. The molecular formula is C24H21N3O2S3. The first-order valence-electron chi connectivity index (χ1n) is 9.93. The molecule has 0 atom stereocenters. The van der Waals surface area contributed by atoms with Crippen molar-refractivity contribution in [1.82, 2.24) is 9.88 Å². The van der Waals surface area contributed by atoms with Gasteiger partial charge in [0.15, 0.2) is 5.13 Å². The van der Waals surface area contributed by atoms with Gasteiger partial charge in [-0.25, -0.2) is 4.98 Å². The van der Waals surface area contributed by atoms with Crippen LogP contribution in [0.4, 0.5) is 10.8 Å². The Bertz CT molecular complexity index is 1150. The summed E-state index contributed by atoms with van der Waals surface area (Å²) < 4.78 is 0. The molecule has 0 aliphatic rings. The third-order valence-corrected chi connectivity index (χ3v) is 7.16. The summed E-state index contributed by atoms with van der Waals surface area (Å²) in [5.74, 6) is -0.192. The van der Waals surface area contributed by atoms with E-state index < -0.39 is 0 Å². The van der Waals surface area contributed by atoms with Gasteiger partial charge in [-0.05, 0) is 41.1 Å². The molecule has 0 aliphatic carbocycles. The van der Waals surface area contributed by atoms with Gasteiger partial charge in [-0.2, -0.15) is 0 Å². The second-order valence-electron chi connectivity index (χ2n) is 6.93. The summed E-state index contributed by atoms with van der Waals surface area (Å²) in [4.78, 5) is 35.5. The van der Waals surface area contributed by atoms with Gasteiger partial charge in [-0.3, -0.25) is 14.5 Å². The average Bonchev–Trinajstić information content (AvgIpc) is 3.56. The molecule has 4 aromatic rings. The number of benzene rings is 1. The predicted molar refractivity (Wildman–Crippen MR) is 133 cm³/mol. The van der Waals surface area contributed by atoms with Crippen LogP contribution in [0.1, 0.15) is 22.4 Å². The molecule has 0 bridgehead atoms. The van der Waals surface area contributed by atoms with E-state index in [9.17, 15) is 9.59 Å². The normalized spacial score (nSPS) is 11.0. The number of para-hydroxylation sites is 1. The van der Waals surface area contributed by atoms with Crippen LogP contribution in [0.2, 0.25) is 0 Å². The lowest BCUT2D eigenvalue weighted by atomic mass is 10.3. The molecule has 0 saturated carbocycles. The minimum absolute atomic E-state index is 0.0761. The Labute approximate surface area is 198 Å². The SMILES string of the molecule is CC(=O)N(c1ccccc1)c1nc(C=CC(=O)N(Cc2cccs2)Cc2cccs2)cs1. The number of aromatic nitrogens is 1. The Kier molecular flexibility index (Phi) is 7.26. The predicted octanol–water partition coefficient (Wildman–Crippen LogP) is 6.19. The standard InChI is InChI=1S/C24H21N3O2S3/c1-18(28)27(20-7-3-2-4-8-20)24-25-19(17-32-24)11-12-23(29)26(15-21-9-5-13-30-21)16-22-10-6-14-31-22/h2-14,17H,15-16H2,1H3. The zero-order chi connectivity index (χ0) is 22.3. The van der Waals surface area contributed by atoms with Crippen molar-refractivity contribution in [2.45, 2.75) is 20.0 Å². The highest BCUT2D eigenvalue weighted by atomic mass is 32.1. The molecule has 162 valence electrons. The summed E-state index contributed by atoms with van der Waals surface area (Å²) in [6.07, 6.45) is 3.27. The van der Waals surface area contributed by atoms with Gasteiger partial charge >= 0.3 is 0 Å². The summed E-state index contributed by atoms with van der Waals surface area (Å²) in [6.45, 7) is 2.64. The molecule has 5 nitrogen and oxygen atoms in total. The zero-order valence-electron chi connectivity index (χ0n) is 17.4. The van der Waals surface area contributed by atoms with E-state index in [1.54, 1.807) is 39.7 Å². The Morgan fingerprint density at radius 2 is 1.56 bits per heavy atom. The number of carbonyl (C=O) groups is 2. The van der Waals surface area contributed by atoms with E-state index in [0.717, 1.165) is 15.4 Å². The lowest BCUT2D eigenvalue weighted by molar-refractivity contribution is -0.127. The molecule has 32 heavy (non-hydrogen) atoms. The second-order valence-corrected chi connectivity index (χ2v) is 9.83. The van der Waals surface area contributed by atoms with Crippen molar-refractivity contribution in [2.24, 2.45) is 0 Å². The number of hydrogen-bond donors (Lipinski definition) is 0. The van der Waals surface area contributed by atoms with Crippen LogP contribution >= 0.6 is 34.0 Å². The Hall–Kier alpha value is -3.07. The number of amides is 2. The second kappa shape index (κ2) is 10.5. The molecule has 2 amide bonds. The van der Waals surface area contributed by atoms with Crippen LogP contribution in [0.15, 0.2) is 76.8 Å². The Balaban J connectivity index is 1.50. The van der Waals surface area contributed by atoms with Crippen LogP contribution in [0.25, 0.3) is 6.08 Å². The highest BCUT2D eigenvalue weighted by Gasteiger charge is 2.18. The van der Waals surface area contributed by atoms with Gasteiger partial charge in [0, 0.05) is 28.1 Å². The van der Waals surface area contributed by atoms with E-state index in [4.69, 9.17) is 0 Å². The third-order valence-electron chi connectivity index (χ3n) is 4.59. The number of nitrogens with zero attached hydrogens (tertiary/aromatic N) is 3. The van der Waals surface area contributed by atoms with Crippen molar-refractivity contribution in [3.8, 4) is 0 Å². The molecule has 0 radical (unpaired) electrons. The first-order chi connectivity index (χ1) is 15.6. The van der Waals surface area contributed by atoms with Crippen molar-refractivity contribution in [3.05, 3.63) is 92.3 Å². The van der Waals surface area contributed by atoms with Crippen molar-refractivity contribution in [1.29, 1.82) is 0 Å². The molecule has 3 heterocycles. The fraction of sp³-hybridized carbons (Fsp3) is 0.125. The molecular weight excluding hydrogens is 458 g/mol. The molecule has 3 aromatic heterocycles. The summed E-state index contributed by atoms with van der Waals surface area (Å²) in [7, 11) is 0. The maximum absolute atomic E-state index is 13.0. The van der Waals surface area contributed by atoms with Gasteiger partial charge in [0.2, 0.25) is 11.8 Å². The van der Waals surface area contributed by atoms with Crippen molar-refractivity contribution < 1.29 is 9.59 Å². The summed E-state index contributed by atoms with van der Waals surface area (Å²) in [5.41, 5.74) is 1.41. The lowest BCUT2D eigenvalue weighted by Crippen LogP contribution is -2.27. The number of thiophene rings is 2. The zero-order valence-corrected chi connectivity index (χ0v) is 19.8. The van der Waals surface area contributed by atoms with E-state index >= 15 is 0 Å². The molecule has 8 heteroatoms. The molecule has 0 aliphatic heterocycles. The maximum atomic E-state index is 13.0. The van der Waals surface area contributed by atoms with E-state index in [1.165, 1.54) is 18.3 Å². The van der Waals surface area contributed by atoms with Crippen LogP contribution < -0.4 is 4.90 Å². The molecule has 0 fully saturated rings. The fourth-order valence-electron chi connectivity index (χ4n) is 3.11. The number of thiazole rings is 1. The van der Waals surface area contributed by atoms with E-state index in [-0.39, 0.29) is 11.8 Å². The maximum Gasteiger partial charge on any atom is 0.247 e. The molecule has 0 spiro atoms. The molecule has 4 rings (SSSR count). The van der Waals surface area contributed by atoms with Gasteiger partial charge < -0.3 is 4.90 Å². The Morgan fingerprint density at radius 3 is 2.12 bits per heavy atom. The van der Waals surface area contributed by atoms with E-state index in [1.807, 2.05) is 75.6 Å². The van der Waals surface area contributed by atoms with E-state index in [2.05, 4.69) is 4.98 Å². The monoisotopic (exact) mass is 479 g/mol. The minimum atomic E-state index is -0.116. The summed E-state index contributed by atoms with van der Waals surface area (Å²) in [6, 6.07) is 17.5. The largest absolute Gasteiger partial charge is 0.329 e. The van der Waals surface area contributed by atoms with Crippen LogP contribution in [0, 0.1) is 0 Å². The van der Waals surface area contributed by atoms with Crippen LogP contribution in [0.5, 0.6) is 0 Å². The first kappa shape index (κ1) is 22.1. The van der Waals surface area contributed by atoms with Gasteiger partial charge in [0.1, 0.15) is 0 Å².